The molecule has 5 heteroatoms. The number of amides is 1. The average molecular weight is 311 g/mol. The molecule has 0 aromatic heterocycles. The minimum Gasteiger partial charge on any atom is -0.444 e. The first-order valence-corrected chi connectivity index (χ1v) is 7.57. The Morgan fingerprint density at radius 3 is 2.52 bits per heavy atom. The molecule has 1 unspecified atom stereocenters. The SMILES string of the molecule is CC(N)C1(c2ccc(Cl)cc2NC(=O)OC(C)(C)C)CC1. The second-order valence-corrected chi connectivity index (χ2v) is 7.20. The first-order chi connectivity index (χ1) is 9.64. The van der Waals surface area contributed by atoms with Gasteiger partial charge in [-0.25, -0.2) is 4.79 Å². The lowest BCUT2D eigenvalue weighted by molar-refractivity contribution is 0.0635. The van der Waals surface area contributed by atoms with E-state index in [0.717, 1.165) is 18.4 Å². The summed E-state index contributed by atoms with van der Waals surface area (Å²) in [5.41, 5.74) is 7.25. The Kier molecular flexibility index (Phi) is 4.22. The average Bonchev–Trinajstić information content (AvgIpc) is 3.07. The number of anilines is 1. The fraction of sp³-hybridized carbons (Fsp3) is 0.562. The van der Waals surface area contributed by atoms with Crippen molar-refractivity contribution < 1.29 is 9.53 Å². The number of hydrogen-bond acceptors (Lipinski definition) is 3. The number of benzene rings is 1. The number of rotatable bonds is 3. The zero-order valence-electron chi connectivity index (χ0n) is 13.0. The van der Waals surface area contributed by atoms with Crippen molar-refractivity contribution >= 4 is 23.4 Å². The maximum Gasteiger partial charge on any atom is 0.412 e. The second-order valence-electron chi connectivity index (χ2n) is 6.76. The lowest BCUT2D eigenvalue weighted by atomic mass is 9.88. The highest BCUT2D eigenvalue weighted by molar-refractivity contribution is 6.31. The Bertz CT molecular complexity index is 546. The number of nitrogens with two attached hydrogens (primary N) is 1. The van der Waals surface area contributed by atoms with Crippen LogP contribution in [0.2, 0.25) is 5.02 Å². The smallest absolute Gasteiger partial charge is 0.412 e. The molecule has 116 valence electrons. The van der Waals surface area contributed by atoms with E-state index < -0.39 is 11.7 Å². The number of nitrogens with one attached hydrogen (secondary N) is 1. The van der Waals surface area contributed by atoms with Crippen LogP contribution >= 0.6 is 11.6 Å². The quantitative estimate of drug-likeness (QED) is 0.884. The summed E-state index contributed by atoms with van der Waals surface area (Å²) in [7, 11) is 0. The maximum atomic E-state index is 12.0. The van der Waals surface area contributed by atoms with Crippen LogP contribution in [-0.4, -0.2) is 17.7 Å². The molecule has 21 heavy (non-hydrogen) atoms. The van der Waals surface area contributed by atoms with Crippen molar-refractivity contribution in [2.75, 3.05) is 5.32 Å². The van der Waals surface area contributed by atoms with Gasteiger partial charge in [-0.05, 0) is 58.2 Å². The number of ether oxygens (including phenoxy) is 1. The molecular weight excluding hydrogens is 288 g/mol. The molecule has 1 aliphatic rings. The zero-order chi connectivity index (χ0) is 15.8. The minimum atomic E-state index is -0.540. The normalized spacial score (nSPS) is 18.0. The summed E-state index contributed by atoms with van der Waals surface area (Å²) in [5.74, 6) is 0. The minimum absolute atomic E-state index is 0.0258. The van der Waals surface area contributed by atoms with Crippen LogP contribution in [0.3, 0.4) is 0 Å². The summed E-state index contributed by atoms with van der Waals surface area (Å²) >= 11 is 6.06. The van der Waals surface area contributed by atoms with Crippen molar-refractivity contribution in [2.24, 2.45) is 5.73 Å². The van der Waals surface area contributed by atoms with E-state index in [2.05, 4.69) is 5.32 Å². The highest BCUT2D eigenvalue weighted by Crippen LogP contribution is 2.52. The van der Waals surface area contributed by atoms with Crippen molar-refractivity contribution in [1.82, 2.24) is 0 Å². The van der Waals surface area contributed by atoms with Gasteiger partial charge < -0.3 is 10.5 Å². The number of carbonyl (C=O) groups excluding carboxylic acids is 1. The van der Waals surface area contributed by atoms with Gasteiger partial charge in [0.1, 0.15) is 5.60 Å². The molecule has 1 amide bonds. The van der Waals surface area contributed by atoms with Crippen molar-refractivity contribution in [3.63, 3.8) is 0 Å². The molecule has 0 saturated heterocycles. The summed E-state index contributed by atoms with van der Waals surface area (Å²) in [6.45, 7) is 7.49. The van der Waals surface area contributed by atoms with E-state index in [-0.39, 0.29) is 11.5 Å². The standard InChI is InChI=1S/C16H23ClN2O2/c1-10(18)16(7-8-16)12-6-5-11(17)9-13(12)19-14(20)21-15(2,3)4/h5-6,9-10H,7-8,18H2,1-4H3,(H,19,20). The summed E-state index contributed by atoms with van der Waals surface area (Å²) in [5, 5.41) is 3.38. The Balaban J connectivity index is 2.27. The summed E-state index contributed by atoms with van der Waals surface area (Å²) in [4.78, 5) is 12.0. The lowest BCUT2D eigenvalue weighted by Gasteiger charge is -2.25. The molecule has 0 heterocycles. The summed E-state index contributed by atoms with van der Waals surface area (Å²) in [6.07, 6.45) is 1.57. The van der Waals surface area contributed by atoms with Crippen LogP contribution in [-0.2, 0) is 10.2 Å². The lowest BCUT2D eigenvalue weighted by Crippen LogP contribution is -2.33. The summed E-state index contributed by atoms with van der Waals surface area (Å²) in [6, 6.07) is 5.56. The zero-order valence-corrected chi connectivity index (χ0v) is 13.8. The van der Waals surface area contributed by atoms with E-state index in [1.165, 1.54) is 0 Å². The molecule has 0 aliphatic heterocycles. The van der Waals surface area contributed by atoms with Crippen LogP contribution in [0.1, 0.15) is 46.1 Å². The fourth-order valence-corrected chi connectivity index (χ4v) is 2.74. The molecule has 0 spiro atoms. The molecule has 4 nitrogen and oxygen atoms in total. The van der Waals surface area contributed by atoms with Crippen LogP contribution in [0.15, 0.2) is 18.2 Å². The van der Waals surface area contributed by atoms with Gasteiger partial charge in [0.05, 0.1) is 0 Å². The maximum absolute atomic E-state index is 12.0. The van der Waals surface area contributed by atoms with Gasteiger partial charge in [-0.2, -0.15) is 0 Å². The van der Waals surface area contributed by atoms with Crippen LogP contribution in [0.25, 0.3) is 0 Å². The third kappa shape index (κ3) is 3.69. The largest absolute Gasteiger partial charge is 0.444 e. The van der Waals surface area contributed by atoms with Crippen molar-refractivity contribution in [1.29, 1.82) is 0 Å². The van der Waals surface area contributed by atoms with Gasteiger partial charge in [0.25, 0.3) is 0 Å². The molecule has 1 aliphatic carbocycles. The topological polar surface area (TPSA) is 64.3 Å². The molecule has 1 saturated carbocycles. The van der Waals surface area contributed by atoms with E-state index in [4.69, 9.17) is 22.1 Å². The Morgan fingerprint density at radius 2 is 2.05 bits per heavy atom. The van der Waals surface area contributed by atoms with E-state index in [1.807, 2.05) is 39.8 Å². The van der Waals surface area contributed by atoms with E-state index in [0.29, 0.717) is 10.7 Å². The van der Waals surface area contributed by atoms with Crippen molar-refractivity contribution in [2.45, 2.75) is 57.6 Å². The van der Waals surface area contributed by atoms with Gasteiger partial charge >= 0.3 is 6.09 Å². The molecular formula is C16H23ClN2O2. The number of hydrogen-bond donors (Lipinski definition) is 2. The summed E-state index contributed by atoms with van der Waals surface area (Å²) < 4.78 is 5.31. The first kappa shape index (κ1) is 16.1. The third-order valence-corrected chi connectivity index (χ3v) is 4.05. The van der Waals surface area contributed by atoms with Crippen LogP contribution < -0.4 is 11.1 Å². The van der Waals surface area contributed by atoms with Crippen LogP contribution in [0.4, 0.5) is 10.5 Å². The van der Waals surface area contributed by atoms with Crippen molar-refractivity contribution in [3.05, 3.63) is 28.8 Å². The first-order valence-electron chi connectivity index (χ1n) is 7.20. The predicted octanol–water partition coefficient (Wildman–Crippen LogP) is 4.07. The number of halogens is 1. The van der Waals surface area contributed by atoms with E-state index >= 15 is 0 Å². The Hall–Kier alpha value is -1.26. The monoisotopic (exact) mass is 310 g/mol. The molecule has 0 radical (unpaired) electrons. The molecule has 3 N–H and O–H groups in total. The van der Waals surface area contributed by atoms with Gasteiger partial charge in [0, 0.05) is 22.2 Å². The third-order valence-electron chi connectivity index (χ3n) is 3.81. The van der Waals surface area contributed by atoms with Gasteiger partial charge in [-0.15, -0.1) is 0 Å². The number of carbonyl (C=O) groups is 1. The Morgan fingerprint density at radius 1 is 1.43 bits per heavy atom. The van der Waals surface area contributed by atoms with Crippen molar-refractivity contribution in [3.8, 4) is 0 Å². The van der Waals surface area contributed by atoms with Gasteiger partial charge in [-0.1, -0.05) is 17.7 Å². The van der Waals surface area contributed by atoms with Crippen LogP contribution in [0.5, 0.6) is 0 Å². The molecule has 0 bridgehead atoms. The van der Waals surface area contributed by atoms with Gasteiger partial charge in [0.15, 0.2) is 0 Å². The van der Waals surface area contributed by atoms with Gasteiger partial charge in [-0.3, -0.25) is 5.32 Å². The van der Waals surface area contributed by atoms with E-state index in [9.17, 15) is 4.79 Å². The van der Waals surface area contributed by atoms with Gasteiger partial charge in [0.2, 0.25) is 0 Å². The molecule has 1 fully saturated rings. The predicted molar refractivity (Wildman–Crippen MR) is 85.9 cm³/mol. The highest BCUT2D eigenvalue weighted by Gasteiger charge is 2.48. The second kappa shape index (κ2) is 5.50. The fourth-order valence-electron chi connectivity index (χ4n) is 2.57. The molecule has 1 aromatic carbocycles. The Labute approximate surface area is 131 Å². The molecule has 1 aromatic rings. The van der Waals surface area contributed by atoms with Crippen LogP contribution in [0, 0.1) is 0 Å². The highest BCUT2D eigenvalue weighted by atomic mass is 35.5. The molecule has 1 atom stereocenters. The molecule has 2 rings (SSSR count). The van der Waals surface area contributed by atoms with E-state index in [1.54, 1.807) is 6.07 Å².